The van der Waals surface area contributed by atoms with Gasteiger partial charge < -0.3 is 9.64 Å². The minimum atomic E-state index is 0.328. The third-order valence-corrected chi connectivity index (χ3v) is 6.50. The summed E-state index contributed by atoms with van der Waals surface area (Å²) in [7, 11) is 5.98. The van der Waals surface area contributed by atoms with Crippen molar-refractivity contribution in [2.24, 2.45) is 10.8 Å². The van der Waals surface area contributed by atoms with Crippen molar-refractivity contribution >= 4 is 0 Å². The zero-order valence-corrected chi connectivity index (χ0v) is 23.4. The first-order valence-corrected chi connectivity index (χ1v) is 13.0. The minimum absolute atomic E-state index is 0.328. The molecule has 1 heterocycles. The second kappa shape index (κ2) is 12.7. The number of ether oxygens (including phenoxy) is 1. The number of rotatable bonds is 7. The summed E-state index contributed by atoms with van der Waals surface area (Å²) < 4.78 is 5.20. The van der Waals surface area contributed by atoms with Crippen LogP contribution in [0.5, 0.6) is 5.75 Å². The van der Waals surface area contributed by atoms with Crippen LogP contribution in [0.15, 0.2) is 54.6 Å². The van der Waals surface area contributed by atoms with E-state index in [4.69, 9.17) is 4.74 Å². The van der Waals surface area contributed by atoms with Crippen LogP contribution in [0.1, 0.15) is 90.4 Å². The molecule has 3 nitrogen and oxygen atoms in total. The van der Waals surface area contributed by atoms with Crippen LogP contribution in [0.25, 0.3) is 0 Å². The van der Waals surface area contributed by atoms with E-state index in [1.54, 1.807) is 7.11 Å². The third-order valence-electron chi connectivity index (χ3n) is 6.50. The van der Waals surface area contributed by atoms with Gasteiger partial charge in [0.2, 0.25) is 0 Å². The fourth-order valence-corrected chi connectivity index (χ4v) is 4.77. The molecule has 0 aromatic heterocycles. The minimum Gasteiger partial charge on any atom is -0.497 e. The second-order valence-corrected chi connectivity index (χ2v) is 12.5. The Kier molecular flexibility index (Phi) is 10.6. The van der Waals surface area contributed by atoms with Crippen LogP contribution in [-0.2, 0) is 0 Å². The zero-order chi connectivity index (χ0) is 25.4. The molecule has 1 aliphatic rings. The molecule has 2 atom stereocenters. The predicted molar refractivity (Wildman–Crippen MR) is 148 cm³/mol. The normalized spacial score (nSPS) is 16.6. The zero-order valence-electron chi connectivity index (χ0n) is 23.4. The molecule has 34 heavy (non-hydrogen) atoms. The summed E-state index contributed by atoms with van der Waals surface area (Å²) in [6, 6.07) is 20.5. The molecule has 0 radical (unpaired) electrons. The molecule has 3 heteroatoms. The molecular formula is C31H50N2O. The Morgan fingerprint density at radius 1 is 0.765 bits per heavy atom. The first-order chi connectivity index (χ1) is 15.9. The topological polar surface area (TPSA) is 15.7 Å². The lowest BCUT2D eigenvalue weighted by Gasteiger charge is -2.33. The van der Waals surface area contributed by atoms with Crippen molar-refractivity contribution in [3.63, 3.8) is 0 Å². The average Bonchev–Trinajstić information content (AvgIpc) is 3.30. The van der Waals surface area contributed by atoms with E-state index in [2.05, 4.69) is 108 Å². The van der Waals surface area contributed by atoms with E-state index >= 15 is 0 Å². The molecular weight excluding hydrogens is 416 g/mol. The van der Waals surface area contributed by atoms with Crippen molar-refractivity contribution < 1.29 is 4.74 Å². The summed E-state index contributed by atoms with van der Waals surface area (Å²) in [5.74, 6) is 0.919. The second-order valence-electron chi connectivity index (χ2n) is 12.5. The van der Waals surface area contributed by atoms with Gasteiger partial charge in [0.25, 0.3) is 0 Å². The maximum atomic E-state index is 5.20. The number of hydrogen-bond donors (Lipinski definition) is 0. The molecule has 2 aromatic rings. The quantitative estimate of drug-likeness (QED) is 0.411. The molecule has 1 fully saturated rings. The molecule has 0 aliphatic carbocycles. The Morgan fingerprint density at radius 2 is 1.29 bits per heavy atom. The largest absolute Gasteiger partial charge is 0.497 e. The molecule has 1 aliphatic heterocycles. The summed E-state index contributed by atoms with van der Waals surface area (Å²) in [5, 5.41) is 0. The standard InChI is InChI=1S/C16H25N.C15H25NO/c1-16(2,3)13-15(17-11-7-8-12-17)14-9-5-4-6-10-14;1-15(2,3)11-14(16(4)5)12-7-9-13(17-6)10-8-12/h4-6,9-10,15H,7-8,11-13H2,1-3H3;7-10,14H,11H2,1-6H3. The van der Waals surface area contributed by atoms with Crippen LogP contribution in [-0.4, -0.2) is 44.1 Å². The van der Waals surface area contributed by atoms with E-state index in [1.165, 1.54) is 43.5 Å². The lowest BCUT2D eigenvalue weighted by molar-refractivity contribution is 0.179. The average molecular weight is 467 g/mol. The number of likely N-dealkylation sites (tertiary alicyclic amines) is 1. The van der Waals surface area contributed by atoms with Gasteiger partial charge in [-0.1, -0.05) is 84.0 Å². The van der Waals surface area contributed by atoms with Gasteiger partial charge in [-0.05, 0) is 87.0 Å². The van der Waals surface area contributed by atoms with Gasteiger partial charge in [0, 0.05) is 12.1 Å². The fourth-order valence-electron chi connectivity index (χ4n) is 4.77. The Morgan fingerprint density at radius 3 is 1.74 bits per heavy atom. The monoisotopic (exact) mass is 466 g/mol. The van der Waals surface area contributed by atoms with Crippen molar-refractivity contribution in [2.75, 3.05) is 34.3 Å². The Labute approximate surface area is 210 Å². The summed E-state index contributed by atoms with van der Waals surface area (Å²) in [6.07, 6.45) is 5.13. The van der Waals surface area contributed by atoms with Gasteiger partial charge in [-0.25, -0.2) is 0 Å². The van der Waals surface area contributed by atoms with E-state index in [1.807, 2.05) is 12.1 Å². The van der Waals surface area contributed by atoms with Crippen LogP contribution in [0, 0.1) is 10.8 Å². The van der Waals surface area contributed by atoms with Crippen molar-refractivity contribution in [1.82, 2.24) is 9.80 Å². The van der Waals surface area contributed by atoms with E-state index in [0.29, 0.717) is 22.9 Å². The number of methoxy groups -OCH3 is 1. The number of hydrogen-bond acceptors (Lipinski definition) is 3. The highest BCUT2D eigenvalue weighted by atomic mass is 16.5. The maximum absolute atomic E-state index is 5.20. The first kappa shape index (κ1) is 28.4. The molecule has 1 saturated heterocycles. The van der Waals surface area contributed by atoms with E-state index in [-0.39, 0.29) is 0 Å². The highest BCUT2D eigenvalue weighted by molar-refractivity contribution is 5.29. The molecule has 3 rings (SSSR count). The molecule has 0 saturated carbocycles. The van der Waals surface area contributed by atoms with Crippen molar-refractivity contribution in [3.05, 3.63) is 65.7 Å². The van der Waals surface area contributed by atoms with Crippen molar-refractivity contribution in [2.45, 2.75) is 79.3 Å². The first-order valence-electron chi connectivity index (χ1n) is 13.0. The molecule has 2 aromatic carbocycles. The summed E-state index contributed by atoms with van der Waals surface area (Å²) in [4.78, 5) is 4.95. The highest BCUT2D eigenvalue weighted by Crippen LogP contribution is 2.36. The summed E-state index contributed by atoms with van der Waals surface area (Å²) >= 11 is 0. The third kappa shape index (κ3) is 9.80. The van der Waals surface area contributed by atoms with Crippen LogP contribution in [0.2, 0.25) is 0 Å². The highest BCUT2D eigenvalue weighted by Gasteiger charge is 2.27. The number of nitrogens with zero attached hydrogens (tertiary/aromatic N) is 2. The lowest BCUT2D eigenvalue weighted by atomic mass is 9.85. The van der Waals surface area contributed by atoms with Gasteiger partial charge in [0.1, 0.15) is 5.75 Å². The van der Waals surface area contributed by atoms with Gasteiger partial charge >= 0.3 is 0 Å². The van der Waals surface area contributed by atoms with Gasteiger partial charge in [0.15, 0.2) is 0 Å². The molecule has 0 amide bonds. The fraction of sp³-hybridized carbons (Fsp3) is 0.613. The van der Waals surface area contributed by atoms with Crippen molar-refractivity contribution in [1.29, 1.82) is 0 Å². The van der Waals surface area contributed by atoms with Gasteiger partial charge in [-0.15, -0.1) is 0 Å². The molecule has 190 valence electrons. The van der Waals surface area contributed by atoms with Gasteiger partial charge in [-0.3, -0.25) is 4.90 Å². The van der Waals surface area contributed by atoms with E-state index in [9.17, 15) is 0 Å². The van der Waals surface area contributed by atoms with Crippen molar-refractivity contribution in [3.8, 4) is 5.75 Å². The Bertz CT molecular complexity index is 809. The van der Waals surface area contributed by atoms with E-state index < -0.39 is 0 Å². The molecule has 0 N–H and O–H groups in total. The summed E-state index contributed by atoms with van der Waals surface area (Å²) in [5.41, 5.74) is 3.56. The van der Waals surface area contributed by atoms with Gasteiger partial charge in [-0.2, -0.15) is 0 Å². The van der Waals surface area contributed by atoms with Crippen LogP contribution in [0.4, 0.5) is 0 Å². The lowest BCUT2D eigenvalue weighted by Crippen LogP contribution is -2.29. The Hall–Kier alpha value is -1.84. The van der Waals surface area contributed by atoms with Crippen LogP contribution in [0.3, 0.4) is 0 Å². The SMILES string of the molecule is CC(C)(C)CC(c1ccccc1)N1CCCC1.COc1ccc(C(CC(C)(C)C)N(C)C)cc1. The van der Waals surface area contributed by atoms with Gasteiger partial charge in [0.05, 0.1) is 7.11 Å². The summed E-state index contributed by atoms with van der Waals surface area (Å²) in [6.45, 7) is 16.4. The molecule has 2 unspecified atom stereocenters. The smallest absolute Gasteiger partial charge is 0.118 e. The van der Waals surface area contributed by atoms with Crippen LogP contribution < -0.4 is 4.74 Å². The molecule has 0 bridgehead atoms. The van der Waals surface area contributed by atoms with Crippen LogP contribution >= 0.6 is 0 Å². The molecule has 0 spiro atoms. The number of benzene rings is 2. The van der Waals surface area contributed by atoms with E-state index in [0.717, 1.165) is 12.2 Å². The Balaban J connectivity index is 0.000000240. The maximum Gasteiger partial charge on any atom is 0.118 e. The predicted octanol–water partition coefficient (Wildman–Crippen LogP) is 7.99.